The summed E-state index contributed by atoms with van der Waals surface area (Å²) in [6, 6.07) is 0. The SMILES string of the molecule is CCS/C(=C\C/C=C(\O[Si](C)(C)C)SCC)O[Si](C)(C)C. The van der Waals surface area contributed by atoms with E-state index in [2.05, 4.69) is 65.3 Å². The van der Waals surface area contributed by atoms with Crippen molar-refractivity contribution >= 4 is 40.2 Å². The third-order valence-corrected chi connectivity index (χ3v) is 5.56. The first kappa shape index (κ1) is 21.2. The molecule has 0 aromatic heterocycles. The summed E-state index contributed by atoms with van der Waals surface area (Å²) in [5.41, 5.74) is 0. The fraction of sp³-hybridized carbons (Fsp3) is 0.733. The maximum Gasteiger partial charge on any atom is 0.242 e. The van der Waals surface area contributed by atoms with Gasteiger partial charge in [0.2, 0.25) is 16.6 Å². The Kier molecular flexibility index (Phi) is 10.2. The van der Waals surface area contributed by atoms with Gasteiger partial charge >= 0.3 is 0 Å². The zero-order valence-corrected chi connectivity index (χ0v) is 18.5. The molecule has 0 aromatic carbocycles. The molecule has 0 fully saturated rings. The third-order valence-electron chi connectivity index (χ3n) is 1.96. The van der Waals surface area contributed by atoms with Gasteiger partial charge in [-0.1, -0.05) is 37.4 Å². The topological polar surface area (TPSA) is 18.5 Å². The van der Waals surface area contributed by atoms with Gasteiger partial charge in [-0.3, -0.25) is 0 Å². The van der Waals surface area contributed by atoms with E-state index < -0.39 is 16.6 Å². The van der Waals surface area contributed by atoms with Gasteiger partial charge in [-0.05, 0) is 69.4 Å². The Bertz CT molecular complexity index is 322. The normalized spacial score (nSPS) is 14.3. The molecule has 2 nitrogen and oxygen atoms in total. The molecule has 0 spiro atoms. The molecule has 0 heterocycles. The van der Waals surface area contributed by atoms with E-state index in [0.29, 0.717) is 0 Å². The summed E-state index contributed by atoms with van der Waals surface area (Å²) >= 11 is 3.57. The van der Waals surface area contributed by atoms with E-state index in [0.717, 1.165) is 28.1 Å². The van der Waals surface area contributed by atoms with E-state index in [4.69, 9.17) is 8.85 Å². The molecule has 6 heteroatoms. The van der Waals surface area contributed by atoms with Gasteiger partial charge in [-0.2, -0.15) is 0 Å². The van der Waals surface area contributed by atoms with Gasteiger partial charge in [-0.25, -0.2) is 0 Å². The van der Waals surface area contributed by atoms with Crippen molar-refractivity contribution in [2.45, 2.75) is 59.6 Å². The molecule has 0 aliphatic carbocycles. The number of allylic oxidation sites excluding steroid dienone is 2. The van der Waals surface area contributed by atoms with Crippen molar-refractivity contribution in [1.82, 2.24) is 0 Å². The van der Waals surface area contributed by atoms with Crippen LogP contribution < -0.4 is 0 Å². The smallest absolute Gasteiger partial charge is 0.242 e. The quantitative estimate of drug-likeness (QED) is 0.336. The first-order chi connectivity index (χ1) is 9.57. The summed E-state index contributed by atoms with van der Waals surface area (Å²) in [5, 5.41) is 2.14. The molecular formula is C15H32O2S2Si2. The molecule has 0 atom stereocenters. The van der Waals surface area contributed by atoms with Crippen molar-refractivity contribution in [3.8, 4) is 0 Å². The van der Waals surface area contributed by atoms with Crippen LogP contribution in [-0.2, 0) is 8.85 Å². The monoisotopic (exact) mass is 364 g/mol. The van der Waals surface area contributed by atoms with Crippen LogP contribution in [0.15, 0.2) is 22.3 Å². The number of hydrogen-bond acceptors (Lipinski definition) is 4. The summed E-state index contributed by atoms with van der Waals surface area (Å²) in [7, 11) is -3.06. The molecule has 21 heavy (non-hydrogen) atoms. The van der Waals surface area contributed by atoms with Crippen LogP contribution in [0, 0.1) is 0 Å². The molecule has 124 valence electrons. The van der Waals surface area contributed by atoms with E-state index in [1.807, 2.05) is 0 Å². The third kappa shape index (κ3) is 13.6. The van der Waals surface area contributed by atoms with E-state index in [1.165, 1.54) is 0 Å². The number of hydrogen-bond donors (Lipinski definition) is 0. The summed E-state index contributed by atoms with van der Waals surface area (Å²) in [4.78, 5) is 0. The Hall–Kier alpha value is 0.214. The van der Waals surface area contributed by atoms with Crippen LogP contribution in [0.5, 0.6) is 0 Å². The minimum atomic E-state index is -1.53. The number of rotatable bonds is 10. The molecule has 0 N–H and O–H groups in total. The van der Waals surface area contributed by atoms with Crippen molar-refractivity contribution in [1.29, 1.82) is 0 Å². The van der Waals surface area contributed by atoms with Gasteiger partial charge in [-0.15, -0.1) is 0 Å². The van der Waals surface area contributed by atoms with Crippen LogP contribution in [0.2, 0.25) is 39.3 Å². The Morgan fingerprint density at radius 1 is 0.762 bits per heavy atom. The lowest BCUT2D eigenvalue weighted by atomic mass is 10.4. The van der Waals surface area contributed by atoms with E-state index in [1.54, 1.807) is 23.5 Å². The molecule has 0 unspecified atom stereocenters. The molecule has 0 bridgehead atoms. The summed E-state index contributed by atoms with van der Waals surface area (Å²) in [6.07, 6.45) is 5.26. The second kappa shape index (κ2) is 10.1. The lowest BCUT2D eigenvalue weighted by Crippen LogP contribution is -2.24. The maximum atomic E-state index is 6.12. The highest BCUT2D eigenvalue weighted by atomic mass is 32.2. The number of thioether (sulfide) groups is 2. The van der Waals surface area contributed by atoms with Gasteiger partial charge in [0.15, 0.2) is 0 Å². The molecule has 0 saturated heterocycles. The van der Waals surface area contributed by atoms with Crippen LogP contribution in [0.4, 0.5) is 0 Å². The van der Waals surface area contributed by atoms with Crippen molar-refractivity contribution in [2.24, 2.45) is 0 Å². The molecule has 0 aromatic rings. The first-order valence-electron chi connectivity index (χ1n) is 7.61. The van der Waals surface area contributed by atoms with Gasteiger partial charge in [0, 0.05) is 0 Å². The second-order valence-electron chi connectivity index (χ2n) is 6.58. The second-order valence-corrected chi connectivity index (χ2v) is 18.0. The largest absolute Gasteiger partial charge is 0.540 e. The van der Waals surface area contributed by atoms with Crippen LogP contribution in [0.3, 0.4) is 0 Å². The van der Waals surface area contributed by atoms with Gasteiger partial charge in [0.05, 0.1) is 0 Å². The Morgan fingerprint density at radius 2 is 1.10 bits per heavy atom. The highest BCUT2D eigenvalue weighted by molar-refractivity contribution is 8.03. The maximum absolute atomic E-state index is 6.12. The van der Waals surface area contributed by atoms with Crippen LogP contribution >= 0.6 is 23.5 Å². The zero-order chi connectivity index (χ0) is 16.5. The summed E-state index contributed by atoms with van der Waals surface area (Å²) in [6.45, 7) is 17.7. The standard InChI is InChI=1S/C15H32O2S2Si2/c1-9-18-14(16-20(3,4)5)12-11-13-15(19-10-2)17-21(6,7)8/h12-13H,9-11H2,1-8H3/b14-12-,15-13+. The van der Waals surface area contributed by atoms with Crippen molar-refractivity contribution in [2.75, 3.05) is 11.5 Å². The molecular weight excluding hydrogens is 332 g/mol. The van der Waals surface area contributed by atoms with E-state index in [9.17, 15) is 0 Å². The van der Waals surface area contributed by atoms with Crippen LogP contribution in [0.1, 0.15) is 20.3 Å². The molecule has 0 aliphatic heterocycles. The Morgan fingerprint density at radius 3 is 1.33 bits per heavy atom. The zero-order valence-electron chi connectivity index (χ0n) is 14.9. The van der Waals surface area contributed by atoms with Gasteiger partial charge < -0.3 is 8.85 Å². The Labute approximate surface area is 142 Å². The fourth-order valence-electron chi connectivity index (χ4n) is 1.40. The lowest BCUT2D eigenvalue weighted by Gasteiger charge is -2.22. The minimum Gasteiger partial charge on any atom is -0.540 e. The molecule has 0 saturated carbocycles. The van der Waals surface area contributed by atoms with E-state index in [-0.39, 0.29) is 0 Å². The first-order valence-corrected chi connectivity index (χ1v) is 16.4. The molecule has 0 aliphatic rings. The molecule has 0 radical (unpaired) electrons. The van der Waals surface area contributed by atoms with Crippen LogP contribution in [0.25, 0.3) is 0 Å². The van der Waals surface area contributed by atoms with Gasteiger partial charge in [0.1, 0.15) is 10.2 Å². The predicted molar refractivity (Wildman–Crippen MR) is 106 cm³/mol. The average molecular weight is 365 g/mol. The average Bonchev–Trinajstić information content (AvgIpc) is 2.25. The summed E-state index contributed by atoms with van der Waals surface area (Å²) in [5.74, 6) is 2.09. The van der Waals surface area contributed by atoms with Crippen LogP contribution in [-0.4, -0.2) is 28.1 Å². The Balaban J connectivity index is 4.77. The van der Waals surface area contributed by atoms with Crippen molar-refractivity contribution in [3.63, 3.8) is 0 Å². The fourth-order valence-corrected chi connectivity index (χ4v) is 5.74. The van der Waals surface area contributed by atoms with E-state index >= 15 is 0 Å². The predicted octanol–water partition coefficient (Wildman–Crippen LogP) is 6.27. The summed E-state index contributed by atoms with van der Waals surface area (Å²) < 4.78 is 12.2. The van der Waals surface area contributed by atoms with Gasteiger partial charge in [0.25, 0.3) is 0 Å². The van der Waals surface area contributed by atoms with Crippen molar-refractivity contribution in [3.05, 3.63) is 22.3 Å². The molecule has 0 amide bonds. The van der Waals surface area contributed by atoms with Crippen molar-refractivity contribution < 1.29 is 8.85 Å². The lowest BCUT2D eigenvalue weighted by molar-refractivity contribution is 0.458. The minimum absolute atomic E-state index is 0.875. The molecule has 0 rings (SSSR count). The highest BCUT2D eigenvalue weighted by Gasteiger charge is 2.18. The highest BCUT2D eigenvalue weighted by Crippen LogP contribution is 2.25.